The zero-order valence-corrected chi connectivity index (χ0v) is 9.64. The van der Waals surface area contributed by atoms with Gasteiger partial charge in [0.2, 0.25) is 0 Å². The van der Waals surface area contributed by atoms with Crippen LogP contribution in [0, 0.1) is 0 Å². The monoisotopic (exact) mass is 198 g/mol. The summed E-state index contributed by atoms with van der Waals surface area (Å²) in [5, 5.41) is 0. The van der Waals surface area contributed by atoms with Crippen molar-refractivity contribution in [1.82, 2.24) is 0 Å². The van der Waals surface area contributed by atoms with Gasteiger partial charge in [-0.05, 0) is 33.6 Å². The molecule has 1 unspecified atom stereocenters. The summed E-state index contributed by atoms with van der Waals surface area (Å²) in [6.07, 6.45) is 7.36. The molecule has 1 heterocycles. The fourth-order valence-electron chi connectivity index (χ4n) is 2.98. The van der Waals surface area contributed by atoms with E-state index in [1.165, 1.54) is 19.3 Å². The fraction of sp³-hybridized carbons (Fsp3) is 1.00. The van der Waals surface area contributed by atoms with Crippen molar-refractivity contribution >= 4 is 0 Å². The predicted molar refractivity (Wildman–Crippen MR) is 56.1 cm³/mol. The highest BCUT2D eigenvalue weighted by Gasteiger charge is 2.45. The molecule has 0 bridgehead atoms. The lowest BCUT2D eigenvalue weighted by atomic mass is 9.89. The summed E-state index contributed by atoms with van der Waals surface area (Å²) in [6, 6.07) is 0. The van der Waals surface area contributed by atoms with Gasteiger partial charge in [-0.3, -0.25) is 0 Å². The molecule has 82 valence electrons. The zero-order valence-electron chi connectivity index (χ0n) is 9.64. The Balaban J connectivity index is 2.10. The molecule has 2 fully saturated rings. The van der Waals surface area contributed by atoms with E-state index in [1.807, 2.05) is 0 Å². The second kappa shape index (κ2) is 3.49. The zero-order chi connectivity index (χ0) is 10.2. The van der Waals surface area contributed by atoms with Crippen molar-refractivity contribution in [3.63, 3.8) is 0 Å². The van der Waals surface area contributed by atoms with Crippen LogP contribution in [0.1, 0.15) is 59.3 Å². The fourth-order valence-corrected chi connectivity index (χ4v) is 2.98. The third kappa shape index (κ3) is 2.12. The molecule has 0 amide bonds. The first kappa shape index (κ1) is 10.4. The second-order valence-corrected chi connectivity index (χ2v) is 5.47. The Labute approximate surface area is 87.0 Å². The number of ether oxygens (including phenoxy) is 2. The smallest absolute Gasteiger partial charge is 0.169 e. The maximum Gasteiger partial charge on any atom is 0.169 e. The normalized spacial score (nSPS) is 35.8. The molecule has 0 aromatic heterocycles. The summed E-state index contributed by atoms with van der Waals surface area (Å²) in [5.41, 5.74) is -0.00495. The Hall–Kier alpha value is -0.0800. The minimum atomic E-state index is -0.237. The second-order valence-electron chi connectivity index (χ2n) is 5.47. The first-order valence-electron chi connectivity index (χ1n) is 5.89. The molecule has 0 radical (unpaired) electrons. The quantitative estimate of drug-likeness (QED) is 0.595. The van der Waals surface area contributed by atoms with Crippen molar-refractivity contribution in [2.45, 2.75) is 76.8 Å². The lowest BCUT2D eigenvalue weighted by Crippen LogP contribution is -2.52. The highest BCUT2D eigenvalue weighted by molar-refractivity contribution is 4.87. The summed E-state index contributed by atoms with van der Waals surface area (Å²) in [7, 11) is 0. The molecule has 0 aromatic rings. The molecular formula is C12H22O2. The maximum atomic E-state index is 6.15. The average molecular weight is 198 g/mol. The van der Waals surface area contributed by atoms with Gasteiger partial charge in [0.1, 0.15) is 0 Å². The largest absolute Gasteiger partial charge is 0.347 e. The standard InChI is InChI=1S/C12H22O2/c1-10-9-11(2,3)14-12(13-10)7-5-4-6-8-12/h10H,4-9H2,1-3H3. The van der Waals surface area contributed by atoms with E-state index < -0.39 is 0 Å². The van der Waals surface area contributed by atoms with Gasteiger partial charge < -0.3 is 9.47 Å². The van der Waals surface area contributed by atoms with Crippen molar-refractivity contribution in [1.29, 1.82) is 0 Å². The van der Waals surface area contributed by atoms with Crippen molar-refractivity contribution in [2.24, 2.45) is 0 Å². The molecule has 1 aliphatic heterocycles. The van der Waals surface area contributed by atoms with E-state index in [4.69, 9.17) is 9.47 Å². The maximum absolute atomic E-state index is 6.15. The van der Waals surface area contributed by atoms with E-state index in [0.29, 0.717) is 6.10 Å². The van der Waals surface area contributed by atoms with Gasteiger partial charge in [-0.25, -0.2) is 0 Å². The minimum Gasteiger partial charge on any atom is -0.347 e. The molecule has 1 aliphatic carbocycles. The van der Waals surface area contributed by atoms with E-state index in [0.717, 1.165) is 19.3 Å². The van der Waals surface area contributed by atoms with Crippen molar-refractivity contribution in [3.8, 4) is 0 Å². The van der Waals surface area contributed by atoms with Crippen LogP contribution in [0.25, 0.3) is 0 Å². The van der Waals surface area contributed by atoms with E-state index in [2.05, 4.69) is 20.8 Å². The molecule has 2 rings (SSSR count). The van der Waals surface area contributed by atoms with E-state index >= 15 is 0 Å². The van der Waals surface area contributed by atoms with Crippen LogP contribution in [0.4, 0.5) is 0 Å². The molecule has 1 saturated carbocycles. The van der Waals surface area contributed by atoms with Crippen molar-refractivity contribution < 1.29 is 9.47 Å². The lowest BCUT2D eigenvalue weighted by Gasteiger charge is -2.49. The van der Waals surface area contributed by atoms with E-state index in [1.54, 1.807) is 0 Å². The van der Waals surface area contributed by atoms with Crippen LogP contribution in [0.5, 0.6) is 0 Å². The molecular weight excluding hydrogens is 176 g/mol. The van der Waals surface area contributed by atoms with Crippen LogP contribution in [0.15, 0.2) is 0 Å². The number of hydrogen-bond donors (Lipinski definition) is 0. The summed E-state index contributed by atoms with van der Waals surface area (Å²) < 4.78 is 12.2. The topological polar surface area (TPSA) is 18.5 Å². The van der Waals surface area contributed by atoms with Gasteiger partial charge in [0.25, 0.3) is 0 Å². The number of rotatable bonds is 0. The van der Waals surface area contributed by atoms with Gasteiger partial charge in [-0.1, -0.05) is 6.42 Å². The summed E-state index contributed by atoms with van der Waals surface area (Å²) in [5.74, 6) is -0.237. The minimum absolute atomic E-state index is 0.00495. The Bertz CT molecular complexity index is 204. The van der Waals surface area contributed by atoms with Gasteiger partial charge in [0.05, 0.1) is 11.7 Å². The molecule has 2 nitrogen and oxygen atoms in total. The van der Waals surface area contributed by atoms with Crippen LogP contribution < -0.4 is 0 Å². The van der Waals surface area contributed by atoms with Crippen LogP contribution >= 0.6 is 0 Å². The molecule has 0 aromatic carbocycles. The SMILES string of the molecule is CC1CC(C)(C)OC2(CCCCC2)O1. The predicted octanol–water partition coefficient (Wildman–Crippen LogP) is 3.25. The highest BCUT2D eigenvalue weighted by atomic mass is 16.7. The van der Waals surface area contributed by atoms with Crippen LogP contribution in [0.3, 0.4) is 0 Å². The Morgan fingerprint density at radius 2 is 1.71 bits per heavy atom. The summed E-state index contributed by atoms with van der Waals surface area (Å²) in [4.78, 5) is 0. The van der Waals surface area contributed by atoms with E-state index in [-0.39, 0.29) is 11.4 Å². The van der Waals surface area contributed by atoms with Gasteiger partial charge in [0.15, 0.2) is 5.79 Å². The highest BCUT2D eigenvalue weighted by Crippen LogP contribution is 2.42. The van der Waals surface area contributed by atoms with Gasteiger partial charge >= 0.3 is 0 Å². The molecule has 1 saturated heterocycles. The van der Waals surface area contributed by atoms with Crippen LogP contribution in [-0.2, 0) is 9.47 Å². The third-order valence-corrected chi connectivity index (χ3v) is 3.27. The molecule has 1 spiro atoms. The molecule has 1 atom stereocenters. The summed E-state index contributed by atoms with van der Waals surface area (Å²) in [6.45, 7) is 6.53. The first-order valence-corrected chi connectivity index (χ1v) is 5.89. The molecule has 14 heavy (non-hydrogen) atoms. The van der Waals surface area contributed by atoms with Crippen molar-refractivity contribution in [2.75, 3.05) is 0 Å². The molecule has 2 aliphatic rings. The Morgan fingerprint density at radius 1 is 1.07 bits per heavy atom. The Morgan fingerprint density at radius 3 is 2.29 bits per heavy atom. The number of hydrogen-bond acceptors (Lipinski definition) is 2. The van der Waals surface area contributed by atoms with E-state index in [9.17, 15) is 0 Å². The van der Waals surface area contributed by atoms with Crippen molar-refractivity contribution in [3.05, 3.63) is 0 Å². The molecule has 2 heteroatoms. The molecule has 0 N–H and O–H groups in total. The van der Waals surface area contributed by atoms with Crippen LogP contribution in [0.2, 0.25) is 0 Å². The Kier molecular flexibility index (Phi) is 2.61. The summed E-state index contributed by atoms with van der Waals surface area (Å²) >= 11 is 0. The lowest BCUT2D eigenvalue weighted by molar-refractivity contribution is -0.349. The van der Waals surface area contributed by atoms with Crippen LogP contribution in [-0.4, -0.2) is 17.5 Å². The third-order valence-electron chi connectivity index (χ3n) is 3.27. The van der Waals surface area contributed by atoms with Gasteiger partial charge in [-0.15, -0.1) is 0 Å². The first-order chi connectivity index (χ1) is 6.52. The van der Waals surface area contributed by atoms with Gasteiger partial charge in [0, 0.05) is 19.3 Å². The van der Waals surface area contributed by atoms with Gasteiger partial charge in [-0.2, -0.15) is 0 Å². The average Bonchev–Trinajstić information content (AvgIpc) is 2.00.